The van der Waals surface area contributed by atoms with E-state index in [9.17, 15) is 4.39 Å². The van der Waals surface area contributed by atoms with Crippen LogP contribution in [0.3, 0.4) is 0 Å². The molecular formula is C21H17FN2. The normalized spacial score (nSPS) is 11.1. The molecule has 3 heteroatoms. The first-order valence-corrected chi connectivity index (χ1v) is 7.99. The maximum Gasteiger partial charge on any atom is 0.131 e. The third kappa shape index (κ3) is 2.69. The second kappa shape index (κ2) is 5.93. The van der Waals surface area contributed by atoms with Crippen LogP contribution in [0.25, 0.3) is 22.2 Å². The number of fused-ring (bicyclic) bond motifs is 1. The third-order valence-corrected chi connectivity index (χ3v) is 4.25. The van der Waals surface area contributed by atoms with Gasteiger partial charge in [-0.15, -0.1) is 0 Å². The summed E-state index contributed by atoms with van der Waals surface area (Å²) in [6.07, 6.45) is 0.805. The number of hydrogen-bond acceptors (Lipinski definition) is 1. The van der Waals surface area contributed by atoms with E-state index in [1.54, 1.807) is 12.1 Å². The molecule has 0 atom stereocenters. The number of para-hydroxylation sites is 1. The molecule has 0 bridgehead atoms. The SMILES string of the molecule is Cc1nc2c(Cc3ccc(-c4ccccc4F)cc3)cccc2[nH]1. The molecule has 4 aromatic rings. The summed E-state index contributed by atoms with van der Waals surface area (Å²) in [5.41, 5.74) is 5.99. The van der Waals surface area contributed by atoms with E-state index in [0.717, 1.165) is 28.8 Å². The molecule has 118 valence electrons. The summed E-state index contributed by atoms with van der Waals surface area (Å²) in [7, 11) is 0. The van der Waals surface area contributed by atoms with Gasteiger partial charge in [0.1, 0.15) is 11.6 Å². The van der Waals surface area contributed by atoms with E-state index in [1.165, 1.54) is 17.2 Å². The van der Waals surface area contributed by atoms with Crippen LogP contribution in [0.15, 0.2) is 66.7 Å². The Morgan fingerprint density at radius 2 is 1.71 bits per heavy atom. The standard InChI is InChI=1S/C21H17FN2/c1-14-23-20-8-4-5-17(21(20)24-14)13-15-9-11-16(12-10-15)18-6-2-3-7-19(18)22/h2-12H,13H2,1H3,(H,23,24). The summed E-state index contributed by atoms with van der Waals surface area (Å²) in [6, 6.07) is 21.1. The van der Waals surface area contributed by atoms with Crippen LogP contribution in [0.5, 0.6) is 0 Å². The Morgan fingerprint density at radius 3 is 2.50 bits per heavy atom. The molecule has 1 heterocycles. The van der Waals surface area contributed by atoms with Crippen molar-refractivity contribution in [2.24, 2.45) is 0 Å². The highest BCUT2D eigenvalue weighted by atomic mass is 19.1. The quantitative estimate of drug-likeness (QED) is 0.548. The van der Waals surface area contributed by atoms with E-state index in [0.29, 0.717) is 5.56 Å². The van der Waals surface area contributed by atoms with Crippen LogP contribution >= 0.6 is 0 Å². The molecule has 0 saturated heterocycles. The van der Waals surface area contributed by atoms with Crippen LogP contribution in [-0.2, 0) is 6.42 Å². The molecule has 0 saturated carbocycles. The zero-order valence-electron chi connectivity index (χ0n) is 13.4. The molecule has 0 aliphatic rings. The number of nitrogens with one attached hydrogen (secondary N) is 1. The monoisotopic (exact) mass is 316 g/mol. The first-order chi connectivity index (χ1) is 11.7. The summed E-state index contributed by atoms with van der Waals surface area (Å²) < 4.78 is 13.9. The van der Waals surface area contributed by atoms with E-state index in [4.69, 9.17) is 0 Å². The van der Waals surface area contributed by atoms with Crippen molar-refractivity contribution in [1.29, 1.82) is 0 Å². The topological polar surface area (TPSA) is 28.7 Å². The van der Waals surface area contributed by atoms with Crippen molar-refractivity contribution >= 4 is 11.0 Å². The predicted molar refractivity (Wildman–Crippen MR) is 95.5 cm³/mol. The summed E-state index contributed by atoms with van der Waals surface area (Å²) in [4.78, 5) is 7.85. The average Bonchev–Trinajstić information content (AvgIpc) is 2.98. The number of benzene rings is 3. The zero-order chi connectivity index (χ0) is 16.5. The average molecular weight is 316 g/mol. The van der Waals surface area contributed by atoms with E-state index < -0.39 is 0 Å². The van der Waals surface area contributed by atoms with Gasteiger partial charge in [-0.2, -0.15) is 0 Å². The largest absolute Gasteiger partial charge is 0.342 e. The van der Waals surface area contributed by atoms with Gasteiger partial charge in [-0.3, -0.25) is 0 Å². The van der Waals surface area contributed by atoms with Crippen molar-refractivity contribution in [2.45, 2.75) is 13.3 Å². The van der Waals surface area contributed by atoms with Gasteiger partial charge in [0.25, 0.3) is 0 Å². The van der Waals surface area contributed by atoms with Gasteiger partial charge in [0, 0.05) is 5.56 Å². The van der Waals surface area contributed by atoms with E-state index >= 15 is 0 Å². The van der Waals surface area contributed by atoms with Crippen LogP contribution in [0.2, 0.25) is 0 Å². The number of nitrogens with zero attached hydrogens (tertiary/aromatic N) is 1. The van der Waals surface area contributed by atoms with Gasteiger partial charge >= 0.3 is 0 Å². The molecule has 0 aliphatic carbocycles. The summed E-state index contributed by atoms with van der Waals surface area (Å²) in [5.74, 6) is 0.731. The lowest BCUT2D eigenvalue weighted by Crippen LogP contribution is -1.91. The second-order valence-corrected chi connectivity index (χ2v) is 5.99. The number of aryl methyl sites for hydroxylation is 1. The van der Waals surface area contributed by atoms with Crippen molar-refractivity contribution in [3.05, 3.63) is 89.5 Å². The fourth-order valence-corrected chi connectivity index (χ4v) is 3.07. The lowest BCUT2D eigenvalue weighted by atomic mass is 9.99. The molecule has 1 N–H and O–H groups in total. The second-order valence-electron chi connectivity index (χ2n) is 5.99. The number of H-pyrrole nitrogens is 1. The third-order valence-electron chi connectivity index (χ3n) is 4.25. The maximum absolute atomic E-state index is 13.9. The van der Waals surface area contributed by atoms with Gasteiger partial charge in [-0.05, 0) is 42.2 Å². The smallest absolute Gasteiger partial charge is 0.131 e. The van der Waals surface area contributed by atoms with E-state index in [1.807, 2.05) is 37.3 Å². The Kier molecular flexibility index (Phi) is 3.62. The van der Waals surface area contributed by atoms with Gasteiger partial charge in [0.2, 0.25) is 0 Å². The fourth-order valence-electron chi connectivity index (χ4n) is 3.07. The van der Waals surface area contributed by atoms with Crippen LogP contribution in [0, 0.1) is 12.7 Å². The van der Waals surface area contributed by atoms with Crippen molar-refractivity contribution in [2.75, 3.05) is 0 Å². The molecule has 24 heavy (non-hydrogen) atoms. The Balaban J connectivity index is 1.65. The van der Waals surface area contributed by atoms with Crippen LogP contribution in [0.1, 0.15) is 17.0 Å². The number of rotatable bonds is 3. The Labute approximate surface area is 140 Å². The minimum absolute atomic E-state index is 0.193. The molecule has 3 aromatic carbocycles. The van der Waals surface area contributed by atoms with E-state index in [2.05, 4.69) is 28.2 Å². The minimum Gasteiger partial charge on any atom is -0.342 e. The van der Waals surface area contributed by atoms with Crippen LogP contribution in [-0.4, -0.2) is 9.97 Å². The van der Waals surface area contributed by atoms with Gasteiger partial charge < -0.3 is 4.98 Å². The summed E-state index contributed by atoms with van der Waals surface area (Å²) in [5, 5.41) is 0. The molecule has 4 rings (SSSR count). The van der Waals surface area contributed by atoms with Crippen molar-refractivity contribution in [3.8, 4) is 11.1 Å². The predicted octanol–water partition coefficient (Wildman–Crippen LogP) is 5.27. The Hall–Kier alpha value is -2.94. The Bertz CT molecular complexity index is 1000. The van der Waals surface area contributed by atoms with Crippen molar-refractivity contribution < 1.29 is 4.39 Å². The number of hydrogen-bond donors (Lipinski definition) is 1. The fraction of sp³-hybridized carbons (Fsp3) is 0.0952. The molecule has 0 amide bonds. The van der Waals surface area contributed by atoms with Gasteiger partial charge in [0.15, 0.2) is 0 Å². The highest BCUT2D eigenvalue weighted by molar-refractivity contribution is 5.79. The molecule has 1 aromatic heterocycles. The van der Waals surface area contributed by atoms with Gasteiger partial charge in [0.05, 0.1) is 11.0 Å². The lowest BCUT2D eigenvalue weighted by Gasteiger charge is -2.06. The maximum atomic E-state index is 13.9. The molecular weight excluding hydrogens is 299 g/mol. The van der Waals surface area contributed by atoms with Gasteiger partial charge in [-0.25, -0.2) is 9.37 Å². The first-order valence-electron chi connectivity index (χ1n) is 7.99. The first kappa shape index (κ1) is 14.6. The number of halogens is 1. The van der Waals surface area contributed by atoms with E-state index in [-0.39, 0.29) is 5.82 Å². The van der Waals surface area contributed by atoms with Crippen molar-refractivity contribution in [3.63, 3.8) is 0 Å². The lowest BCUT2D eigenvalue weighted by molar-refractivity contribution is 0.631. The number of aromatic nitrogens is 2. The van der Waals surface area contributed by atoms with Gasteiger partial charge in [-0.1, -0.05) is 54.6 Å². The number of aromatic amines is 1. The number of imidazole rings is 1. The Morgan fingerprint density at radius 1 is 0.917 bits per heavy atom. The zero-order valence-corrected chi connectivity index (χ0v) is 13.4. The highest BCUT2D eigenvalue weighted by Gasteiger charge is 2.07. The van der Waals surface area contributed by atoms with Crippen molar-refractivity contribution in [1.82, 2.24) is 9.97 Å². The minimum atomic E-state index is -0.193. The molecule has 0 spiro atoms. The molecule has 0 aliphatic heterocycles. The summed E-state index contributed by atoms with van der Waals surface area (Å²) >= 11 is 0. The van der Waals surface area contributed by atoms with Crippen LogP contribution < -0.4 is 0 Å². The summed E-state index contributed by atoms with van der Waals surface area (Å²) in [6.45, 7) is 1.97. The molecule has 0 radical (unpaired) electrons. The van der Waals surface area contributed by atoms with Crippen LogP contribution in [0.4, 0.5) is 4.39 Å². The molecule has 2 nitrogen and oxygen atoms in total. The highest BCUT2D eigenvalue weighted by Crippen LogP contribution is 2.24. The molecule has 0 fully saturated rings. The molecule has 0 unspecified atom stereocenters.